The number of fused-ring (bicyclic) bond motifs is 9. The van der Waals surface area contributed by atoms with Crippen LogP contribution in [0.15, 0.2) is 200 Å². The zero-order valence-corrected chi connectivity index (χ0v) is 36.2. The third kappa shape index (κ3) is 5.67. The number of hydrogen-bond donors (Lipinski definition) is 0. The summed E-state index contributed by atoms with van der Waals surface area (Å²) in [5.74, 6) is 0. The van der Waals surface area contributed by atoms with Gasteiger partial charge in [-0.15, -0.1) is 11.3 Å². The molecule has 0 spiro atoms. The van der Waals surface area contributed by atoms with Crippen LogP contribution in [0.25, 0.3) is 75.8 Å². The van der Waals surface area contributed by atoms with Gasteiger partial charge in [0, 0.05) is 48.1 Å². The molecule has 1 heterocycles. The highest BCUT2D eigenvalue weighted by molar-refractivity contribution is 7.25. The van der Waals surface area contributed by atoms with Crippen molar-refractivity contribution in [3.63, 3.8) is 0 Å². The molecule has 0 N–H and O–H groups in total. The van der Waals surface area contributed by atoms with E-state index in [-0.39, 0.29) is 10.8 Å². The van der Waals surface area contributed by atoms with Crippen molar-refractivity contribution in [1.29, 1.82) is 0 Å². The van der Waals surface area contributed by atoms with Crippen LogP contribution in [0.3, 0.4) is 0 Å². The quantitative estimate of drug-likeness (QED) is 0.162. The number of anilines is 3. The molecule has 296 valence electrons. The predicted octanol–water partition coefficient (Wildman–Crippen LogP) is 17.1. The molecular formula is C60H45NS. The van der Waals surface area contributed by atoms with Crippen molar-refractivity contribution >= 4 is 48.6 Å². The van der Waals surface area contributed by atoms with Crippen LogP contribution in [-0.2, 0) is 10.8 Å². The molecule has 0 unspecified atom stereocenters. The topological polar surface area (TPSA) is 3.24 Å². The number of rotatable bonds is 6. The van der Waals surface area contributed by atoms with Gasteiger partial charge in [-0.05, 0) is 145 Å². The van der Waals surface area contributed by atoms with Crippen molar-refractivity contribution in [1.82, 2.24) is 0 Å². The first-order valence-electron chi connectivity index (χ1n) is 21.7. The highest BCUT2D eigenvalue weighted by Gasteiger charge is 2.38. The molecule has 0 aliphatic heterocycles. The minimum atomic E-state index is -0.198. The number of benzene rings is 9. The van der Waals surface area contributed by atoms with Crippen LogP contribution in [0.5, 0.6) is 0 Å². The van der Waals surface area contributed by atoms with E-state index in [1.54, 1.807) is 0 Å². The van der Waals surface area contributed by atoms with Gasteiger partial charge in [-0.2, -0.15) is 0 Å². The molecule has 2 aliphatic carbocycles. The molecule has 62 heavy (non-hydrogen) atoms. The second-order valence-corrected chi connectivity index (χ2v) is 19.2. The maximum Gasteiger partial charge on any atom is 0.0465 e. The van der Waals surface area contributed by atoms with Crippen LogP contribution in [0.2, 0.25) is 0 Å². The van der Waals surface area contributed by atoms with Gasteiger partial charge in [0.15, 0.2) is 0 Å². The summed E-state index contributed by atoms with van der Waals surface area (Å²) in [5.41, 5.74) is 21.3. The number of hydrogen-bond acceptors (Lipinski definition) is 2. The Morgan fingerprint density at radius 2 is 0.694 bits per heavy atom. The molecule has 0 saturated carbocycles. The second kappa shape index (κ2) is 13.8. The van der Waals surface area contributed by atoms with E-state index in [9.17, 15) is 0 Å². The fraction of sp³-hybridized carbons (Fsp3) is 0.100. The summed E-state index contributed by atoms with van der Waals surface area (Å²) in [4.78, 5) is 2.47. The summed E-state index contributed by atoms with van der Waals surface area (Å²) in [6, 6.07) is 74.7. The first-order chi connectivity index (χ1) is 30.2. The molecule has 0 radical (unpaired) electrons. The average Bonchev–Trinajstić information content (AvgIpc) is 3.88. The van der Waals surface area contributed by atoms with Crippen LogP contribution in [0, 0.1) is 0 Å². The zero-order valence-electron chi connectivity index (χ0n) is 35.4. The van der Waals surface area contributed by atoms with E-state index in [0.717, 1.165) is 17.1 Å². The maximum atomic E-state index is 2.47. The standard InChI is InChI=1S/C60H45NS/c1-59(2)53-34-42(39-15-9-6-10-16-39)21-28-47(53)49-30-26-45(36-55(49)59)61(44-24-19-40(20-25-44)38-13-7-5-8-14-38)46-27-31-50-48-29-22-43(35-54(48)60(3,4)56(50)37-46)41-23-32-58-52(33-41)51-17-11-12-18-57(51)62-58/h5-37H,1-4H3. The van der Waals surface area contributed by atoms with E-state index < -0.39 is 0 Å². The number of nitrogens with zero attached hydrogens (tertiary/aromatic N) is 1. The lowest BCUT2D eigenvalue weighted by Gasteiger charge is -2.30. The van der Waals surface area contributed by atoms with Gasteiger partial charge in [0.05, 0.1) is 0 Å². The van der Waals surface area contributed by atoms with Gasteiger partial charge in [0.2, 0.25) is 0 Å². The Morgan fingerprint density at radius 3 is 1.27 bits per heavy atom. The molecule has 1 nitrogen and oxygen atoms in total. The molecule has 2 heteroatoms. The Kier molecular flexibility index (Phi) is 8.17. The minimum Gasteiger partial charge on any atom is -0.310 e. The van der Waals surface area contributed by atoms with Crippen molar-refractivity contribution in [3.8, 4) is 55.6 Å². The molecule has 0 amide bonds. The Hall–Kier alpha value is -7.00. The Morgan fingerprint density at radius 1 is 0.306 bits per heavy atom. The summed E-state index contributed by atoms with van der Waals surface area (Å²) in [6.07, 6.45) is 0. The van der Waals surface area contributed by atoms with Gasteiger partial charge in [0.25, 0.3) is 0 Å². The van der Waals surface area contributed by atoms with Gasteiger partial charge >= 0.3 is 0 Å². The van der Waals surface area contributed by atoms with Crippen LogP contribution >= 0.6 is 11.3 Å². The van der Waals surface area contributed by atoms with Gasteiger partial charge < -0.3 is 4.90 Å². The first kappa shape index (κ1) is 36.8. The summed E-state index contributed by atoms with van der Waals surface area (Å²) < 4.78 is 2.68. The monoisotopic (exact) mass is 811 g/mol. The molecule has 9 aromatic carbocycles. The Balaban J connectivity index is 0.956. The van der Waals surface area contributed by atoms with Crippen molar-refractivity contribution in [2.45, 2.75) is 38.5 Å². The largest absolute Gasteiger partial charge is 0.310 e. The third-order valence-corrected chi connectivity index (χ3v) is 15.0. The molecule has 0 atom stereocenters. The van der Waals surface area contributed by atoms with E-state index in [0.29, 0.717) is 0 Å². The van der Waals surface area contributed by atoms with Gasteiger partial charge in [-0.3, -0.25) is 0 Å². The van der Waals surface area contributed by atoms with Gasteiger partial charge in [0.1, 0.15) is 0 Å². The summed E-state index contributed by atoms with van der Waals surface area (Å²) in [5, 5.41) is 2.67. The lowest BCUT2D eigenvalue weighted by atomic mass is 9.81. The van der Waals surface area contributed by atoms with Crippen LogP contribution in [0.1, 0.15) is 49.9 Å². The molecule has 2 aliphatic rings. The number of thiophene rings is 1. The van der Waals surface area contributed by atoms with E-state index in [4.69, 9.17) is 0 Å². The zero-order chi connectivity index (χ0) is 41.7. The molecule has 0 bridgehead atoms. The fourth-order valence-corrected chi connectivity index (χ4v) is 11.6. The summed E-state index contributed by atoms with van der Waals surface area (Å²) in [7, 11) is 0. The molecule has 0 saturated heterocycles. The SMILES string of the molecule is CC1(C)c2cc(-c3ccccc3)ccc2-c2ccc(N(c3ccc(-c4ccccc4)cc3)c3ccc4c(c3)C(C)(C)c3cc(-c5ccc6sc7ccccc7c6c5)ccc3-4)cc21. The van der Waals surface area contributed by atoms with Crippen molar-refractivity contribution in [2.24, 2.45) is 0 Å². The smallest absolute Gasteiger partial charge is 0.0465 e. The average molecular weight is 812 g/mol. The lowest BCUT2D eigenvalue weighted by molar-refractivity contribution is 0.660. The normalized spacial score (nSPS) is 14.1. The van der Waals surface area contributed by atoms with E-state index >= 15 is 0 Å². The van der Waals surface area contributed by atoms with Gasteiger partial charge in [-0.25, -0.2) is 0 Å². The van der Waals surface area contributed by atoms with Crippen molar-refractivity contribution < 1.29 is 0 Å². The van der Waals surface area contributed by atoms with E-state index in [1.165, 1.54) is 98.1 Å². The van der Waals surface area contributed by atoms with E-state index in [2.05, 4.69) is 233 Å². The van der Waals surface area contributed by atoms with Crippen LogP contribution in [-0.4, -0.2) is 0 Å². The highest BCUT2D eigenvalue weighted by Crippen LogP contribution is 2.54. The second-order valence-electron chi connectivity index (χ2n) is 18.2. The lowest BCUT2D eigenvalue weighted by Crippen LogP contribution is -2.18. The summed E-state index contributed by atoms with van der Waals surface area (Å²) >= 11 is 1.88. The van der Waals surface area contributed by atoms with Crippen LogP contribution < -0.4 is 4.90 Å². The van der Waals surface area contributed by atoms with Crippen molar-refractivity contribution in [3.05, 3.63) is 222 Å². The maximum absolute atomic E-state index is 2.47. The Bertz CT molecular complexity index is 3390. The molecule has 1 aromatic heterocycles. The van der Waals surface area contributed by atoms with Gasteiger partial charge in [-0.1, -0.05) is 161 Å². The molecule has 10 aromatic rings. The third-order valence-electron chi connectivity index (χ3n) is 13.9. The fourth-order valence-electron chi connectivity index (χ4n) is 10.5. The molecular weight excluding hydrogens is 767 g/mol. The first-order valence-corrected chi connectivity index (χ1v) is 22.6. The molecule has 12 rings (SSSR count). The van der Waals surface area contributed by atoms with Crippen molar-refractivity contribution in [2.75, 3.05) is 4.90 Å². The Labute approximate surface area is 368 Å². The van der Waals surface area contributed by atoms with E-state index in [1.807, 2.05) is 11.3 Å². The molecule has 0 fully saturated rings. The summed E-state index contributed by atoms with van der Waals surface area (Å²) in [6.45, 7) is 9.58. The highest BCUT2D eigenvalue weighted by atomic mass is 32.1. The predicted molar refractivity (Wildman–Crippen MR) is 265 cm³/mol. The minimum absolute atomic E-state index is 0.172. The van der Waals surface area contributed by atoms with Crippen LogP contribution in [0.4, 0.5) is 17.1 Å².